The first-order chi connectivity index (χ1) is 7.65. The number of nitrogens with zero attached hydrogens (tertiary/aromatic N) is 1. The van der Waals surface area contributed by atoms with Gasteiger partial charge in [0.05, 0.1) is 5.41 Å². The maximum absolute atomic E-state index is 12.5. The summed E-state index contributed by atoms with van der Waals surface area (Å²) in [5.41, 5.74) is -0.138. The molecule has 2 aliphatic rings. The Bertz CT molecular complexity index is 264. The van der Waals surface area contributed by atoms with Crippen LogP contribution in [0.5, 0.6) is 0 Å². The van der Waals surface area contributed by atoms with Crippen molar-refractivity contribution in [1.82, 2.24) is 10.2 Å². The summed E-state index contributed by atoms with van der Waals surface area (Å²) in [5.74, 6) is 1.12. The highest BCUT2D eigenvalue weighted by Crippen LogP contribution is 2.31. The molecule has 0 aromatic carbocycles. The van der Waals surface area contributed by atoms with E-state index in [1.165, 1.54) is 12.8 Å². The van der Waals surface area contributed by atoms with Crippen molar-refractivity contribution >= 4 is 18.3 Å². The zero-order valence-electron chi connectivity index (χ0n) is 11.0. The van der Waals surface area contributed by atoms with Gasteiger partial charge in [-0.05, 0) is 38.6 Å². The van der Waals surface area contributed by atoms with Gasteiger partial charge in [0.1, 0.15) is 0 Å². The Kier molecular flexibility index (Phi) is 5.26. The van der Waals surface area contributed by atoms with Crippen LogP contribution in [0.3, 0.4) is 0 Å². The van der Waals surface area contributed by atoms with Crippen LogP contribution >= 0.6 is 12.4 Å². The highest BCUT2D eigenvalue weighted by atomic mass is 35.5. The lowest BCUT2D eigenvalue weighted by Gasteiger charge is -2.36. The predicted molar refractivity (Wildman–Crippen MR) is 72.4 cm³/mol. The van der Waals surface area contributed by atoms with Crippen LogP contribution in [0.4, 0.5) is 0 Å². The van der Waals surface area contributed by atoms with E-state index in [2.05, 4.69) is 24.1 Å². The molecule has 100 valence electrons. The smallest absolute Gasteiger partial charge is 0.229 e. The van der Waals surface area contributed by atoms with Gasteiger partial charge in [0.25, 0.3) is 0 Å². The summed E-state index contributed by atoms with van der Waals surface area (Å²) in [6, 6.07) is 0. The number of rotatable bonds is 2. The van der Waals surface area contributed by atoms with Crippen molar-refractivity contribution in [3.63, 3.8) is 0 Å². The average molecular weight is 261 g/mol. The van der Waals surface area contributed by atoms with Crippen LogP contribution in [-0.4, -0.2) is 37.0 Å². The highest BCUT2D eigenvalue weighted by molar-refractivity contribution is 5.85. The van der Waals surface area contributed by atoms with Gasteiger partial charge in [0, 0.05) is 19.6 Å². The molecule has 17 heavy (non-hydrogen) atoms. The molecule has 0 aromatic heterocycles. The van der Waals surface area contributed by atoms with Crippen molar-refractivity contribution in [3.05, 3.63) is 0 Å². The molecule has 1 amide bonds. The lowest BCUT2D eigenvalue weighted by atomic mass is 9.81. The molecule has 0 aliphatic carbocycles. The Morgan fingerprint density at radius 1 is 1.53 bits per heavy atom. The highest BCUT2D eigenvalue weighted by Gasteiger charge is 2.39. The fourth-order valence-electron chi connectivity index (χ4n) is 2.97. The molecule has 2 unspecified atom stereocenters. The van der Waals surface area contributed by atoms with Crippen molar-refractivity contribution in [1.29, 1.82) is 0 Å². The summed E-state index contributed by atoms with van der Waals surface area (Å²) >= 11 is 0. The van der Waals surface area contributed by atoms with E-state index >= 15 is 0 Å². The second-order valence-electron chi connectivity index (χ2n) is 5.66. The third-order valence-electron chi connectivity index (χ3n) is 4.26. The molecular formula is C13H25ClN2O. The van der Waals surface area contributed by atoms with Gasteiger partial charge < -0.3 is 10.2 Å². The number of piperidine rings is 1. The third-order valence-corrected chi connectivity index (χ3v) is 4.26. The van der Waals surface area contributed by atoms with Crippen LogP contribution in [0, 0.1) is 11.3 Å². The molecule has 0 radical (unpaired) electrons. The van der Waals surface area contributed by atoms with E-state index in [0.29, 0.717) is 5.91 Å². The number of hydrogen-bond acceptors (Lipinski definition) is 2. The molecule has 1 N–H and O–H groups in total. The van der Waals surface area contributed by atoms with Crippen LogP contribution in [0.15, 0.2) is 0 Å². The van der Waals surface area contributed by atoms with Gasteiger partial charge >= 0.3 is 0 Å². The maximum Gasteiger partial charge on any atom is 0.229 e. The first-order valence-electron chi connectivity index (χ1n) is 6.66. The molecule has 0 aromatic rings. The third kappa shape index (κ3) is 3.14. The monoisotopic (exact) mass is 260 g/mol. The van der Waals surface area contributed by atoms with E-state index in [0.717, 1.165) is 44.9 Å². The Morgan fingerprint density at radius 3 is 2.82 bits per heavy atom. The fourth-order valence-corrected chi connectivity index (χ4v) is 2.97. The van der Waals surface area contributed by atoms with E-state index in [4.69, 9.17) is 0 Å². The molecule has 2 atom stereocenters. The summed E-state index contributed by atoms with van der Waals surface area (Å²) in [7, 11) is 0. The number of nitrogens with one attached hydrogen (secondary N) is 1. The molecular weight excluding hydrogens is 236 g/mol. The van der Waals surface area contributed by atoms with Crippen LogP contribution < -0.4 is 5.32 Å². The van der Waals surface area contributed by atoms with Gasteiger partial charge in [-0.15, -0.1) is 12.4 Å². The molecule has 0 bridgehead atoms. The second kappa shape index (κ2) is 6.05. The molecule has 2 rings (SSSR count). The van der Waals surface area contributed by atoms with E-state index in [1.54, 1.807) is 0 Å². The van der Waals surface area contributed by atoms with Crippen molar-refractivity contribution in [3.8, 4) is 0 Å². The topological polar surface area (TPSA) is 32.3 Å². The van der Waals surface area contributed by atoms with E-state index in [1.807, 2.05) is 0 Å². The summed E-state index contributed by atoms with van der Waals surface area (Å²) in [5, 5.41) is 3.36. The number of carbonyl (C=O) groups excluding carboxylic acids is 1. The summed E-state index contributed by atoms with van der Waals surface area (Å²) in [4.78, 5) is 14.6. The van der Waals surface area contributed by atoms with Crippen LogP contribution in [-0.2, 0) is 4.79 Å². The maximum atomic E-state index is 12.5. The molecule has 0 saturated carbocycles. The van der Waals surface area contributed by atoms with Gasteiger partial charge in [-0.1, -0.05) is 13.3 Å². The van der Waals surface area contributed by atoms with Gasteiger partial charge in [-0.3, -0.25) is 4.79 Å². The lowest BCUT2D eigenvalue weighted by Crippen LogP contribution is -2.49. The summed E-state index contributed by atoms with van der Waals surface area (Å²) < 4.78 is 0. The largest absolute Gasteiger partial charge is 0.342 e. The van der Waals surface area contributed by atoms with Crippen LogP contribution in [0.2, 0.25) is 0 Å². The minimum atomic E-state index is -0.138. The molecule has 2 saturated heterocycles. The Labute approximate surface area is 111 Å². The molecule has 2 fully saturated rings. The number of halogens is 1. The Hall–Kier alpha value is -0.280. The number of likely N-dealkylation sites (tertiary alicyclic amines) is 1. The molecule has 2 aliphatic heterocycles. The second-order valence-corrected chi connectivity index (χ2v) is 5.66. The van der Waals surface area contributed by atoms with Crippen molar-refractivity contribution in [2.45, 2.75) is 39.5 Å². The van der Waals surface area contributed by atoms with E-state index in [-0.39, 0.29) is 17.8 Å². The quantitative estimate of drug-likeness (QED) is 0.824. The molecule has 3 nitrogen and oxygen atoms in total. The summed E-state index contributed by atoms with van der Waals surface area (Å²) in [6.07, 6.45) is 4.59. The van der Waals surface area contributed by atoms with Gasteiger partial charge in [-0.2, -0.15) is 0 Å². The Morgan fingerprint density at radius 2 is 2.29 bits per heavy atom. The van der Waals surface area contributed by atoms with Crippen LogP contribution in [0.1, 0.15) is 39.5 Å². The number of hydrogen-bond donors (Lipinski definition) is 1. The van der Waals surface area contributed by atoms with Gasteiger partial charge in [0.2, 0.25) is 5.91 Å². The average Bonchev–Trinajstić information content (AvgIpc) is 2.77. The SMILES string of the molecule is CCC1CCN(C(=O)C2(C)CCCNC2)C1.Cl. The first kappa shape index (κ1) is 14.8. The van der Waals surface area contributed by atoms with E-state index < -0.39 is 0 Å². The lowest BCUT2D eigenvalue weighted by molar-refractivity contribution is -0.141. The predicted octanol–water partition coefficient (Wildman–Crippen LogP) is 2.06. The minimum absolute atomic E-state index is 0. The van der Waals surface area contributed by atoms with Gasteiger partial charge in [0.15, 0.2) is 0 Å². The summed E-state index contributed by atoms with van der Waals surface area (Å²) in [6.45, 7) is 8.25. The fraction of sp³-hybridized carbons (Fsp3) is 0.923. The number of carbonyl (C=O) groups is 1. The van der Waals surface area contributed by atoms with Crippen LogP contribution in [0.25, 0.3) is 0 Å². The molecule has 2 heterocycles. The number of amides is 1. The standard InChI is InChI=1S/C13H24N2O.ClH/c1-3-11-5-8-15(9-11)12(16)13(2)6-4-7-14-10-13;/h11,14H,3-10H2,1-2H3;1H. The van der Waals surface area contributed by atoms with Crippen molar-refractivity contribution in [2.24, 2.45) is 11.3 Å². The zero-order valence-corrected chi connectivity index (χ0v) is 11.8. The first-order valence-corrected chi connectivity index (χ1v) is 6.66. The van der Waals surface area contributed by atoms with Gasteiger partial charge in [-0.25, -0.2) is 0 Å². The van der Waals surface area contributed by atoms with E-state index in [9.17, 15) is 4.79 Å². The Balaban J connectivity index is 0.00000144. The van der Waals surface area contributed by atoms with Crippen molar-refractivity contribution < 1.29 is 4.79 Å². The minimum Gasteiger partial charge on any atom is -0.342 e. The molecule has 4 heteroatoms. The normalized spacial score (nSPS) is 33.3. The van der Waals surface area contributed by atoms with Crippen molar-refractivity contribution in [2.75, 3.05) is 26.2 Å². The zero-order chi connectivity index (χ0) is 11.6. The molecule has 0 spiro atoms.